The topological polar surface area (TPSA) is 46.6 Å². The Morgan fingerprint density at radius 3 is 2.21 bits per heavy atom. The zero-order chi connectivity index (χ0) is 17.7. The van der Waals surface area contributed by atoms with Crippen LogP contribution in [0, 0.1) is 0 Å². The van der Waals surface area contributed by atoms with Gasteiger partial charge >= 0.3 is 0 Å². The summed E-state index contributed by atoms with van der Waals surface area (Å²) in [5.74, 6) is 0.609. The van der Waals surface area contributed by atoms with E-state index in [1.54, 1.807) is 30.3 Å². The van der Waals surface area contributed by atoms with Crippen molar-refractivity contribution in [1.82, 2.24) is 0 Å². The SMILES string of the molecule is C=CCN(c1cc(Cl)cc(Cl)c1)S(=O)(=O)c1ccc(OCC)cc1. The summed E-state index contributed by atoms with van der Waals surface area (Å²) in [7, 11) is -3.79. The molecule has 0 unspecified atom stereocenters. The monoisotopic (exact) mass is 385 g/mol. The van der Waals surface area contributed by atoms with E-state index in [4.69, 9.17) is 27.9 Å². The molecule has 0 aliphatic heterocycles. The second-order valence-electron chi connectivity index (χ2n) is 4.86. The Morgan fingerprint density at radius 2 is 1.71 bits per heavy atom. The van der Waals surface area contributed by atoms with Crippen LogP contribution >= 0.6 is 23.2 Å². The van der Waals surface area contributed by atoms with E-state index in [1.165, 1.54) is 22.5 Å². The molecule has 0 heterocycles. The number of anilines is 1. The zero-order valence-electron chi connectivity index (χ0n) is 13.1. The molecule has 0 fully saturated rings. The van der Waals surface area contributed by atoms with Gasteiger partial charge < -0.3 is 4.74 Å². The van der Waals surface area contributed by atoms with Crippen molar-refractivity contribution in [1.29, 1.82) is 0 Å². The molecule has 0 bridgehead atoms. The first-order chi connectivity index (χ1) is 11.4. The highest BCUT2D eigenvalue weighted by Crippen LogP contribution is 2.30. The van der Waals surface area contributed by atoms with Crippen molar-refractivity contribution >= 4 is 38.9 Å². The second kappa shape index (κ2) is 7.92. The summed E-state index contributed by atoms with van der Waals surface area (Å²) in [6, 6.07) is 10.9. The summed E-state index contributed by atoms with van der Waals surface area (Å²) < 4.78 is 32.5. The molecular formula is C17H17Cl2NO3S. The lowest BCUT2D eigenvalue weighted by Crippen LogP contribution is -2.31. The van der Waals surface area contributed by atoms with Gasteiger partial charge in [0.2, 0.25) is 0 Å². The van der Waals surface area contributed by atoms with E-state index < -0.39 is 10.0 Å². The standard InChI is InChI=1S/C17H17Cl2NO3S/c1-3-9-20(15-11-13(18)10-14(19)12-15)24(21,22)17-7-5-16(6-8-17)23-4-2/h3,5-8,10-12H,1,4,9H2,2H3. The first kappa shape index (κ1) is 18.6. The van der Waals surface area contributed by atoms with Gasteiger partial charge in [-0.05, 0) is 49.4 Å². The molecule has 24 heavy (non-hydrogen) atoms. The van der Waals surface area contributed by atoms with Crippen LogP contribution in [0.3, 0.4) is 0 Å². The predicted molar refractivity (Wildman–Crippen MR) is 98.8 cm³/mol. The molecule has 0 atom stereocenters. The molecule has 2 aromatic carbocycles. The Bertz CT molecular complexity index is 800. The minimum Gasteiger partial charge on any atom is -0.494 e. The first-order valence-electron chi connectivity index (χ1n) is 7.21. The molecule has 0 saturated heterocycles. The molecule has 2 aromatic rings. The van der Waals surface area contributed by atoms with Gasteiger partial charge in [-0.3, -0.25) is 4.31 Å². The number of nitrogens with zero attached hydrogens (tertiary/aromatic N) is 1. The van der Waals surface area contributed by atoms with Crippen molar-refractivity contribution in [3.05, 3.63) is 65.2 Å². The fourth-order valence-electron chi connectivity index (χ4n) is 2.14. The molecule has 0 spiro atoms. The van der Waals surface area contributed by atoms with E-state index in [0.717, 1.165) is 0 Å². The lowest BCUT2D eigenvalue weighted by molar-refractivity contribution is 0.340. The highest BCUT2D eigenvalue weighted by Gasteiger charge is 2.24. The normalized spacial score (nSPS) is 11.1. The van der Waals surface area contributed by atoms with Gasteiger partial charge in [-0.2, -0.15) is 0 Å². The Balaban J connectivity index is 2.46. The summed E-state index contributed by atoms with van der Waals surface area (Å²) in [4.78, 5) is 0.143. The molecule has 0 N–H and O–H groups in total. The van der Waals surface area contributed by atoms with Crippen LogP contribution in [0.15, 0.2) is 60.0 Å². The molecule has 128 valence electrons. The molecule has 0 radical (unpaired) electrons. The van der Waals surface area contributed by atoms with Gasteiger partial charge in [0.25, 0.3) is 10.0 Å². The summed E-state index contributed by atoms with van der Waals surface area (Å²) in [6.45, 7) is 6.08. The predicted octanol–water partition coefficient (Wildman–Crippen LogP) is 4.77. The lowest BCUT2D eigenvalue weighted by atomic mass is 10.3. The number of halogens is 2. The fraction of sp³-hybridized carbons (Fsp3) is 0.176. The first-order valence-corrected chi connectivity index (χ1v) is 9.40. The van der Waals surface area contributed by atoms with E-state index in [-0.39, 0.29) is 11.4 Å². The van der Waals surface area contributed by atoms with Gasteiger partial charge in [0, 0.05) is 10.0 Å². The molecule has 7 heteroatoms. The van der Waals surface area contributed by atoms with E-state index in [9.17, 15) is 8.42 Å². The zero-order valence-corrected chi connectivity index (χ0v) is 15.4. The molecule has 4 nitrogen and oxygen atoms in total. The third-order valence-corrected chi connectivity index (χ3v) is 5.40. The summed E-state index contributed by atoms with van der Waals surface area (Å²) >= 11 is 12.0. The van der Waals surface area contributed by atoms with Crippen LogP contribution in [0.5, 0.6) is 5.75 Å². The van der Waals surface area contributed by atoms with Gasteiger partial charge in [-0.1, -0.05) is 29.3 Å². The Morgan fingerprint density at radius 1 is 1.12 bits per heavy atom. The molecular weight excluding hydrogens is 369 g/mol. The van der Waals surface area contributed by atoms with Gasteiger partial charge in [0.05, 0.1) is 23.7 Å². The van der Waals surface area contributed by atoms with E-state index in [1.807, 2.05) is 6.92 Å². The number of sulfonamides is 1. The maximum Gasteiger partial charge on any atom is 0.264 e. The van der Waals surface area contributed by atoms with Crippen molar-refractivity contribution in [3.63, 3.8) is 0 Å². The quantitative estimate of drug-likeness (QED) is 0.644. The van der Waals surface area contributed by atoms with Crippen LogP contribution in [-0.2, 0) is 10.0 Å². The molecule has 2 rings (SSSR count). The second-order valence-corrected chi connectivity index (χ2v) is 7.59. The average Bonchev–Trinajstić information content (AvgIpc) is 2.52. The van der Waals surface area contributed by atoms with Crippen molar-refractivity contribution in [3.8, 4) is 5.75 Å². The van der Waals surface area contributed by atoms with Gasteiger partial charge in [-0.15, -0.1) is 6.58 Å². The van der Waals surface area contributed by atoms with E-state index >= 15 is 0 Å². The Kier molecular flexibility index (Phi) is 6.15. The Hall–Kier alpha value is -1.69. The van der Waals surface area contributed by atoms with Crippen LogP contribution < -0.4 is 9.04 Å². The lowest BCUT2D eigenvalue weighted by Gasteiger charge is -2.23. The molecule has 0 aliphatic carbocycles. The number of hydrogen-bond acceptors (Lipinski definition) is 3. The fourth-order valence-corrected chi connectivity index (χ4v) is 4.08. The summed E-state index contributed by atoms with van der Waals surface area (Å²) in [5.41, 5.74) is 0.376. The van der Waals surface area contributed by atoms with Crippen LogP contribution in [0.1, 0.15) is 6.92 Å². The van der Waals surface area contributed by atoms with Gasteiger partial charge in [0.15, 0.2) is 0 Å². The molecule has 0 amide bonds. The van der Waals surface area contributed by atoms with Crippen LogP contribution in [-0.4, -0.2) is 21.6 Å². The average molecular weight is 386 g/mol. The molecule has 0 saturated carbocycles. The number of ether oxygens (including phenoxy) is 1. The van der Waals surface area contributed by atoms with Gasteiger partial charge in [0.1, 0.15) is 5.75 Å². The summed E-state index contributed by atoms with van der Waals surface area (Å²) in [5, 5.41) is 0.710. The molecule has 0 aliphatic rings. The van der Waals surface area contributed by atoms with Crippen LogP contribution in [0.2, 0.25) is 10.0 Å². The minimum atomic E-state index is -3.79. The largest absolute Gasteiger partial charge is 0.494 e. The van der Waals surface area contributed by atoms with Gasteiger partial charge in [-0.25, -0.2) is 8.42 Å². The maximum atomic E-state index is 13.0. The third-order valence-electron chi connectivity index (χ3n) is 3.15. The highest BCUT2D eigenvalue weighted by atomic mass is 35.5. The maximum absolute atomic E-state index is 13.0. The van der Waals surface area contributed by atoms with E-state index in [2.05, 4.69) is 6.58 Å². The summed E-state index contributed by atoms with van der Waals surface area (Å²) in [6.07, 6.45) is 1.50. The number of hydrogen-bond donors (Lipinski definition) is 0. The molecule has 0 aromatic heterocycles. The van der Waals surface area contributed by atoms with Crippen LogP contribution in [0.25, 0.3) is 0 Å². The Labute approximate surface area is 152 Å². The number of rotatable bonds is 7. The van der Waals surface area contributed by atoms with Crippen molar-refractivity contribution in [2.45, 2.75) is 11.8 Å². The third kappa shape index (κ3) is 4.23. The van der Waals surface area contributed by atoms with Crippen molar-refractivity contribution < 1.29 is 13.2 Å². The van der Waals surface area contributed by atoms with Crippen LogP contribution in [0.4, 0.5) is 5.69 Å². The minimum absolute atomic E-state index is 0.0895. The van der Waals surface area contributed by atoms with Crippen molar-refractivity contribution in [2.24, 2.45) is 0 Å². The van der Waals surface area contributed by atoms with Crippen molar-refractivity contribution in [2.75, 3.05) is 17.5 Å². The number of benzene rings is 2. The smallest absolute Gasteiger partial charge is 0.264 e. The highest BCUT2D eigenvalue weighted by molar-refractivity contribution is 7.92. The van der Waals surface area contributed by atoms with E-state index in [0.29, 0.717) is 28.1 Å².